The van der Waals surface area contributed by atoms with E-state index >= 15 is 0 Å². The maximum Gasteiger partial charge on any atom is 0.335 e. The number of aryl methyl sites for hydroxylation is 2. The second-order valence-electron chi connectivity index (χ2n) is 8.00. The molecule has 172 valence electrons. The van der Waals surface area contributed by atoms with Crippen molar-refractivity contribution in [1.29, 1.82) is 0 Å². The van der Waals surface area contributed by atoms with Gasteiger partial charge in [-0.1, -0.05) is 0 Å². The number of aliphatic imine (C=N–C) groups is 1. The van der Waals surface area contributed by atoms with Gasteiger partial charge in [0.25, 0.3) is 0 Å². The SMILES string of the molecule is COc1ccc(Oc2ccc(N=Cc3cc(C)n(-c4ccc(C(=O)O)cc4C)c3C)cc2)cc1. The van der Waals surface area contributed by atoms with Crippen molar-refractivity contribution in [1.82, 2.24) is 4.57 Å². The van der Waals surface area contributed by atoms with Crippen LogP contribution in [0.15, 0.2) is 77.8 Å². The third-order valence-electron chi connectivity index (χ3n) is 5.64. The number of nitrogens with zero attached hydrogens (tertiary/aromatic N) is 2. The van der Waals surface area contributed by atoms with Crippen LogP contribution in [0.3, 0.4) is 0 Å². The van der Waals surface area contributed by atoms with E-state index in [1.807, 2.05) is 81.6 Å². The second kappa shape index (κ2) is 9.67. The summed E-state index contributed by atoms with van der Waals surface area (Å²) in [6.45, 7) is 5.98. The van der Waals surface area contributed by atoms with Crippen LogP contribution >= 0.6 is 0 Å². The molecule has 3 aromatic carbocycles. The summed E-state index contributed by atoms with van der Waals surface area (Å²) in [6.07, 6.45) is 1.85. The largest absolute Gasteiger partial charge is 0.497 e. The molecule has 4 aromatic rings. The van der Waals surface area contributed by atoms with Gasteiger partial charge < -0.3 is 19.1 Å². The second-order valence-corrected chi connectivity index (χ2v) is 8.00. The first-order valence-electron chi connectivity index (χ1n) is 10.8. The fourth-order valence-electron chi connectivity index (χ4n) is 3.85. The highest BCUT2D eigenvalue weighted by Gasteiger charge is 2.13. The van der Waals surface area contributed by atoms with Crippen molar-refractivity contribution < 1.29 is 19.4 Å². The summed E-state index contributed by atoms with van der Waals surface area (Å²) in [5.41, 5.74) is 6.04. The molecular formula is C28H26N2O4. The van der Waals surface area contributed by atoms with Crippen LogP contribution in [0.25, 0.3) is 5.69 Å². The van der Waals surface area contributed by atoms with Gasteiger partial charge in [0.2, 0.25) is 0 Å². The molecule has 0 aliphatic carbocycles. The molecule has 0 atom stereocenters. The van der Waals surface area contributed by atoms with Gasteiger partial charge in [-0.3, -0.25) is 4.99 Å². The summed E-state index contributed by atoms with van der Waals surface area (Å²) < 4.78 is 13.2. The molecule has 4 rings (SSSR count). The van der Waals surface area contributed by atoms with Crippen molar-refractivity contribution in [2.75, 3.05) is 7.11 Å². The summed E-state index contributed by atoms with van der Waals surface area (Å²) in [4.78, 5) is 15.9. The molecule has 0 aliphatic heterocycles. The smallest absolute Gasteiger partial charge is 0.335 e. The maximum atomic E-state index is 11.3. The predicted octanol–water partition coefficient (Wildman–Crippen LogP) is 6.65. The molecule has 0 spiro atoms. The van der Waals surface area contributed by atoms with E-state index < -0.39 is 5.97 Å². The molecule has 6 heteroatoms. The molecule has 0 radical (unpaired) electrons. The number of ether oxygens (including phenoxy) is 2. The van der Waals surface area contributed by atoms with Gasteiger partial charge in [-0.2, -0.15) is 0 Å². The Morgan fingerprint density at radius 2 is 1.50 bits per heavy atom. The first-order chi connectivity index (χ1) is 16.4. The van der Waals surface area contributed by atoms with Crippen LogP contribution in [-0.2, 0) is 0 Å². The average molecular weight is 455 g/mol. The summed E-state index contributed by atoms with van der Waals surface area (Å²) in [7, 11) is 1.63. The Bertz CT molecular complexity index is 1350. The zero-order valence-corrected chi connectivity index (χ0v) is 19.6. The van der Waals surface area contributed by atoms with Crippen LogP contribution in [0, 0.1) is 20.8 Å². The van der Waals surface area contributed by atoms with Crippen LogP contribution in [0.5, 0.6) is 17.2 Å². The summed E-state index contributed by atoms with van der Waals surface area (Å²) >= 11 is 0. The lowest BCUT2D eigenvalue weighted by molar-refractivity contribution is 0.0697. The molecule has 0 aliphatic rings. The molecule has 0 bridgehead atoms. The lowest BCUT2D eigenvalue weighted by Crippen LogP contribution is -2.04. The summed E-state index contributed by atoms with van der Waals surface area (Å²) in [5.74, 6) is 1.31. The van der Waals surface area contributed by atoms with E-state index in [1.54, 1.807) is 19.2 Å². The van der Waals surface area contributed by atoms with Gasteiger partial charge in [-0.05, 0) is 99.1 Å². The van der Waals surface area contributed by atoms with E-state index in [9.17, 15) is 9.90 Å². The monoisotopic (exact) mass is 454 g/mol. The van der Waals surface area contributed by atoms with Crippen LogP contribution < -0.4 is 9.47 Å². The lowest BCUT2D eigenvalue weighted by Gasteiger charge is -2.13. The van der Waals surface area contributed by atoms with Gasteiger partial charge in [0, 0.05) is 28.9 Å². The highest BCUT2D eigenvalue weighted by molar-refractivity contribution is 5.88. The van der Waals surface area contributed by atoms with Gasteiger partial charge in [-0.25, -0.2) is 4.79 Å². The minimum Gasteiger partial charge on any atom is -0.497 e. The molecule has 6 nitrogen and oxygen atoms in total. The van der Waals surface area contributed by atoms with E-state index in [4.69, 9.17) is 9.47 Å². The van der Waals surface area contributed by atoms with Crippen molar-refractivity contribution in [3.05, 3.63) is 101 Å². The molecule has 0 saturated carbocycles. The first-order valence-corrected chi connectivity index (χ1v) is 10.8. The highest BCUT2D eigenvalue weighted by Crippen LogP contribution is 2.27. The zero-order chi connectivity index (χ0) is 24.2. The van der Waals surface area contributed by atoms with E-state index in [0.29, 0.717) is 0 Å². The van der Waals surface area contributed by atoms with Gasteiger partial charge in [0.05, 0.1) is 18.4 Å². The normalized spacial score (nSPS) is 11.1. The summed E-state index contributed by atoms with van der Waals surface area (Å²) in [6, 6.07) is 22.3. The number of carboxylic acids is 1. The van der Waals surface area contributed by atoms with E-state index in [-0.39, 0.29) is 5.56 Å². The number of methoxy groups -OCH3 is 1. The third kappa shape index (κ3) is 4.86. The Labute approximate surface area is 198 Å². The van der Waals surface area contributed by atoms with Crippen molar-refractivity contribution >= 4 is 17.9 Å². The number of benzene rings is 3. The van der Waals surface area contributed by atoms with E-state index in [1.165, 1.54) is 0 Å². The number of hydrogen-bond donors (Lipinski definition) is 1. The molecule has 0 fully saturated rings. The average Bonchev–Trinajstić information content (AvgIpc) is 3.11. The Morgan fingerprint density at radius 1 is 0.882 bits per heavy atom. The van der Waals surface area contributed by atoms with Crippen LogP contribution in [0.1, 0.15) is 32.9 Å². The van der Waals surface area contributed by atoms with Crippen molar-refractivity contribution in [3.63, 3.8) is 0 Å². The molecule has 0 unspecified atom stereocenters. The van der Waals surface area contributed by atoms with Gasteiger partial charge in [0.15, 0.2) is 0 Å². The van der Waals surface area contributed by atoms with E-state index in [2.05, 4.69) is 15.6 Å². The fraction of sp³-hybridized carbons (Fsp3) is 0.143. The fourth-order valence-corrected chi connectivity index (χ4v) is 3.85. The van der Waals surface area contributed by atoms with Crippen LogP contribution in [0.2, 0.25) is 0 Å². The Morgan fingerprint density at radius 3 is 2.09 bits per heavy atom. The van der Waals surface area contributed by atoms with Crippen molar-refractivity contribution in [2.45, 2.75) is 20.8 Å². The quantitative estimate of drug-likeness (QED) is 0.317. The maximum absolute atomic E-state index is 11.3. The molecule has 1 heterocycles. The standard InChI is InChI=1S/C28H26N2O4/c1-18-15-21(28(31)32)5-14-27(18)30-19(2)16-22(20(30)3)17-29-23-6-8-25(9-7-23)34-26-12-10-24(33-4)11-13-26/h5-17H,1-4H3,(H,31,32). The number of carbonyl (C=O) groups is 1. The lowest BCUT2D eigenvalue weighted by atomic mass is 10.1. The molecule has 1 aromatic heterocycles. The third-order valence-corrected chi connectivity index (χ3v) is 5.64. The van der Waals surface area contributed by atoms with Gasteiger partial charge >= 0.3 is 5.97 Å². The van der Waals surface area contributed by atoms with E-state index in [0.717, 1.165) is 51.1 Å². The van der Waals surface area contributed by atoms with Gasteiger partial charge in [-0.15, -0.1) is 0 Å². The first kappa shape index (κ1) is 22.9. The minimum atomic E-state index is -0.927. The van der Waals surface area contributed by atoms with Gasteiger partial charge in [0.1, 0.15) is 17.2 Å². The minimum absolute atomic E-state index is 0.282. The van der Waals surface area contributed by atoms with Crippen LogP contribution in [-0.4, -0.2) is 29.0 Å². The topological polar surface area (TPSA) is 73.0 Å². The molecular weight excluding hydrogens is 428 g/mol. The molecule has 0 saturated heterocycles. The number of hydrogen-bond acceptors (Lipinski definition) is 4. The number of aromatic carboxylic acids is 1. The Kier molecular flexibility index (Phi) is 6.50. The molecule has 34 heavy (non-hydrogen) atoms. The molecule has 0 amide bonds. The Hall–Kier alpha value is -4.32. The Balaban J connectivity index is 1.51. The molecule has 1 N–H and O–H groups in total. The van der Waals surface area contributed by atoms with Crippen molar-refractivity contribution in [2.24, 2.45) is 4.99 Å². The van der Waals surface area contributed by atoms with Crippen LogP contribution in [0.4, 0.5) is 5.69 Å². The summed E-state index contributed by atoms with van der Waals surface area (Å²) in [5, 5.41) is 9.24. The highest BCUT2D eigenvalue weighted by atomic mass is 16.5. The zero-order valence-electron chi connectivity index (χ0n) is 19.6. The number of aromatic nitrogens is 1. The predicted molar refractivity (Wildman–Crippen MR) is 134 cm³/mol. The number of rotatable bonds is 7. The van der Waals surface area contributed by atoms with Crippen molar-refractivity contribution in [3.8, 4) is 22.9 Å². The number of carboxylic acid groups (broad SMARTS) is 1.